The van der Waals surface area contributed by atoms with Gasteiger partial charge in [-0.15, -0.1) is 0 Å². The van der Waals surface area contributed by atoms with Gasteiger partial charge in [0.25, 0.3) is 5.91 Å². The van der Waals surface area contributed by atoms with E-state index in [-0.39, 0.29) is 5.69 Å². The van der Waals surface area contributed by atoms with Gasteiger partial charge in [-0.2, -0.15) is 5.10 Å². The van der Waals surface area contributed by atoms with Crippen molar-refractivity contribution in [2.75, 3.05) is 7.11 Å². The Morgan fingerprint density at radius 3 is 2.79 bits per heavy atom. The molecule has 1 N–H and O–H groups in total. The summed E-state index contributed by atoms with van der Waals surface area (Å²) in [5.41, 5.74) is 2.21. The van der Waals surface area contributed by atoms with Crippen LogP contribution in [0.1, 0.15) is 35.1 Å². The molecule has 0 unspecified atom stereocenters. The third kappa shape index (κ3) is 2.77. The van der Waals surface area contributed by atoms with E-state index >= 15 is 0 Å². The smallest absolute Gasteiger partial charge is 0.328 e. The molecule has 126 valence electrons. The van der Waals surface area contributed by atoms with Crippen molar-refractivity contribution in [3.05, 3.63) is 47.0 Å². The molecular formula is C17H18FN3O3. The third-order valence-corrected chi connectivity index (χ3v) is 4.13. The number of methoxy groups -OCH3 is 1. The van der Waals surface area contributed by atoms with E-state index in [9.17, 15) is 14.0 Å². The summed E-state index contributed by atoms with van der Waals surface area (Å²) >= 11 is 0. The molecule has 1 heterocycles. The summed E-state index contributed by atoms with van der Waals surface area (Å²) in [6, 6.07) is 5.53. The van der Waals surface area contributed by atoms with Crippen LogP contribution in [0.25, 0.3) is 5.69 Å². The second-order valence-electron chi connectivity index (χ2n) is 5.71. The predicted molar refractivity (Wildman–Crippen MR) is 84.5 cm³/mol. The first-order valence-electron chi connectivity index (χ1n) is 7.77. The van der Waals surface area contributed by atoms with E-state index in [0.29, 0.717) is 12.1 Å². The van der Waals surface area contributed by atoms with Crippen LogP contribution in [0.3, 0.4) is 0 Å². The summed E-state index contributed by atoms with van der Waals surface area (Å²) in [5.74, 6) is -1.39. The number of esters is 1. The molecule has 0 bridgehead atoms. The van der Waals surface area contributed by atoms with Gasteiger partial charge >= 0.3 is 5.97 Å². The van der Waals surface area contributed by atoms with Gasteiger partial charge in [-0.25, -0.2) is 13.9 Å². The molecule has 1 aromatic carbocycles. The number of benzene rings is 1. The fraction of sp³-hybridized carbons (Fsp3) is 0.353. The van der Waals surface area contributed by atoms with Crippen molar-refractivity contribution >= 4 is 11.9 Å². The SMILES string of the molecule is COC(=O)[C@H](C)NC(=O)c1nn(-c2ccccc2F)c2c1CCC2. The van der Waals surface area contributed by atoms with Crippen molar-refractivity contribution in [3.8, 4) is 5.69 Å². The van der Waals surface area contributed by atoms with E-state index in [1.165, 1.54) is 24.8 Å². The van der Waals surface area contributed by atoms with Crippen LogP contribution in [-0.2, 0) is 22.4 Å². The van der Waals surface area contributed by atoms with Crippen molar-refractivity contribution in [3.63, 3.8) is 0 Å². The second-order valence-corrected chi connectivity index (χ2v) is 5.71. The highest BCUT2D eigenvalue weighted by Gasteiger charge is 2.29. The average Bonchev–Trinajstić information content (AvgIpc) is 3.17. The van der Waals surface area contributed by atoms with Gasteiger partial charge in [0.05, 0.1) is 7.11 Å². The highest BCUT2D eigenvalue weighted by atomic mass is 19.1. The van der Waals surface area contributed by atoms with Crippen LogP contribution in [0.2, 0.25) is 0 Å². The zero-order valence-corrected chi connectivity index (χ0v) is 13.5. The van der Waals surface area contributed by atoms with Crippen LogP contribution < -0.4 is 5.32 Å². The van der Waals surface area contributed by atoms with Crippen LogP contribution >= 0.6 is 0 Å². The Hall–Kier alpha value is -2.70. The number of aromatic nitrogens is 2. The Balaban J connectivity index is 1.96. The van der Waals surface area contributed by atoms with Crippen LogP contribution in [0, 0.1) is 5.82 Å². The molecule has 24 heavy (non-hydrogen) atoms. The molecule has 1 aliphatic rings. The highest BCUT2D eigenvalue weighted by Crippen LogP contribution is 2.28. The van der Waals surface area contributed by atoms with Crippen LogP contribution in [0.5, 0.6) is 0 Å². The first-order valence-corrected chi connectivity index (χ1v) is 7.77. The van der Waals surface area contributed by atoms with E-state index in [0.717, 1.165) is 24.1 Å². The van der Waals surface area contributed by atoms with Gasteiger partial charge < -0.3 is 10.1 Å². The van der Waals surface area contributed by atoms with E-state index in [1.54, 1.807) is 18.2 Å². The minimum atomic E-state index is -0.779. The highest BCUT2D eigenvalue weighted by molar-refractivity contribution is 5.96. The van der Waals surface area contributed by atoms with E-state index in [4.69, 9.17) is 0 Å². The molecule has 2 aromatic rings. The predicted octanol–water partition coefficient (Wildman–Crippen LogP) is 1.79. The number of carbonyl (C=O) groups excluding carboxylic acids is 2. The number of fused-ring (bicyclic) bond motifs is 1. The minimum Gasteiger partial charge on any atom is -0.467 e. The van der Waals surface area contributed by atoms with Gasteiger partial charge in [-0.05, 0) is 38.3 Å². The number of carbonyl (C=O) groups is 2. The molecule has 0 saturated heterocycles. The van der Waals surface area contributed by atoms with Crippen molar-refractivity contribution < 1.29 is 18.7 Å². The van der Waals surface area contributed by atoms with E-state index in [2.05, 4.69) is 15.2 Å². The zero-order valence-electron chi connectivity index (χ0n) is 13.5. The molecule has 1 aromatic heterocycles. The number of halogens is 1. The lowest BCUT2D eigenvalue weighted by Gasteiger charge is -2.10. The molecule has 1 amide bonds. The maximum Gasteiger partial charge on any atom is 0.328 e. The average molecular weight is 331 g/mol. The molecule has 0 spiro atoms. The molecule has 0 radical (unpaired) electrons. The molecule has 0 fully saturated rings. The lowest BCUT2D eigenvalue weighted by Crippen LogP contribution is -2.39. The number of nitrogens with one attached hydrogen (secondary N) is 1. The number of nitrogens with zero attached hydrogens (tertiary/aromatic N) is 2. The molecule has 0 saturated carbocycles. The molecular weight excluding hydrogens is 313 g/mol. The van der Waals surface area contributed by atoms with Gasteiger partial charge in [0.1, 0.15) is 17.5 Å². The number of ether oxygens (including phenoxy) is 1. The molecule has 7 heteroatoms. The van der Waals surface area contributed by atoms with Crippen LogP contribution in [0.15, 0.2) is 24.3 Å². The molecule has 1 atom stereocenters. The number of rotatable bonds is 4. The normalized spacial score (nSPS) is 14.1. The first-order chi connectivity index (χ1) is 11.5. The van der Waals surface area contributed by atoms with Gasteiger partial charge in [-0.1, -0.05) is 12.1 Å². The summed E-state index contributed by atoms with van der Waals surface area (Å²) in [6.07, 6.45) is 2.32. The molecule has 3 rings (SSSR count). The zero-order chi connectivity index (χ0) is 17.3. The maximum atomic E-state index is 14.1. The Kier molecular flexibility index (Phi) is 4.33. The van der Waals surface area contributed by atoms with E-state index in [1.807, 2.05) is 0 Å². The largest absolute Gasteiger partial charge is 0.467 e. The van der Waals surface area contributed by atoms with Crippen molar-refractivity contribution in [1.29, 1.82) is 0 Å². The van der Waals surface area contributed by atoms with Crippen molar-refractivity contribution in [1.82, 2.24) is 15.1 Å². The third-order valence-electron chi connectivity index (χ3n) is 4.13. The standard InChI is InChI=1S/C17H18FN3O3/c1-10(17(23)24-2)19-16(22)15-11-6-5-9-13(11)21(20-15)14-8-4-3-7-12(14)18/h3-4,7-8,10H,5-6,9H2,1-2H3,(H,19,22)/t10-/m0/s1. The summed E-state index contributed by atoms with van der Waals surface area (Å²) in [4.78, 5) is 23.9. The second kappa shape index (κ2) is 6.43. The number of hydrogen-bond acceptors (Lipinski definition) is 4. The monoisotopic (exact) mass is 331 g/mol. The topological polar surface area (TPSA) is 73.2 Å². The summed E-state index contributed by atoms with van der Waals surface area (Å²) in [6.45, 7) is 1.54. The fourth-order valence-electron chi connectivity index (χ4n) is 2.94. The molecule has 0 aliphatic heterocycles. The summed E-state index contributed by atoms with van der Waals surface area (Å²) < 4.78 is 20.2. The Morgan fingerprint density at radius 1 is 1.33 bits per heavy atom. The van der Waals surface area contributed by atoms with Gasteiger partial charge in [0.2, 0.25) is 0 Å². The number of hydrogen-bond donors (Lipinski definition) is 1. The van der Waals surface area contributed by atoms with Gasteiger partial charge in [0, 0.05) is 11.3 Å². The van der Waals surface area contributed by atoms with Crippen LogP contribution in [0.4, 0.5) is 4.39 Å². The number of para-hydroxylation sites is 1. The van der Waals surface area contributed by atoms with Crippen molar-refractivity contribution in [2.45, 2.75) is 32.2 Å². The number of amides is 1. The van der Waals surface area contributed by atoms with E-state index < -0.39 is 23.7 Å². The van der Waals surface area contributed by atoms with Gasteiger partial charge in [-0.3, -0.25) is 4.79 Å². The Morgan fingerprint density at radius 2 is 2.08 bits per heavy atom. The van der Waals surface area contributed by atoms with Gasteiger partial charge in [0.15, 0.2) is 5.69 Å². The fourth-order valence-corrected chi connectivity index (χ4v) is 2.94. The molecule has 1 aliphatic carbocycles. The minimum absolute atomic E-state index is 0.238. The van der Waals surface area contributed by atoms with Crippen LogP contribution in [-0.4, -0.2) is 34.8 Å². The Labute approximate surface area is 138 Å². The lowest BCUT2D eigenvalue weighted by molar-refractivity contribution is -0.142. The summed E-state index contributed by atoms with van der Waals surface area (Å²) in [5, 5.41) is 6.89. The van der Waals surface area contributed by atoms with Crippen molar-refractivity contribution in [2.24, 2.45) is 0 Å². The molecule has 6 nitrogen and oxygen atoms in total. The summed E-state index contributed by atoms with van der Waals surface area (Å²) in [7, 11) is 1.26. The Bertz CT molecular complexity index is 800. The quantitative estimate of drug-likeness (QED) is 0.867. The first kappa shape index (κ1) is 16.2. The maximum absolute atomic E-state index is 14.1. The lowest BCUT2D eigenvalue weighted by atomic mass is 10.2.